The van der Waals surface area contributed by atoms with E-state index in [1.54, 1.807) is 7.11 Å². The van der Waals surface area contributed by atoms with E-state index in [0.29, 0.717) is 6.54 Å². The van der Waals surface area contributed by atoms with Crippen molar-refractivity contribution < 1.29 is 14.6 Å². The van der Waals surface area contributed by atoms with Crippen molar-refractivity contribution in [3.63, 3.8) is 0 Å². The molecule has 88 valence electrons. The van der Waals surface area contributed by atoms with Gasteiger partial charge in [0.05, 0.1) is 7.11 Å². The lowest BCUT2D eigenvalue weighted by Crippen LogP contribution is -2.33. The number of ether oxygens (including phenoxy) is 1. The van der Waals surface area contributed by atoms with Gasteiger partial charge in [0.15, 0.2) is 0 Å². The van der Waals surface area contributed by atoms with Crippen LogP contribution >= 0.6 is 0 Å². The van der Waals surface area contributed by atoms with Crippen LogP contribution in [-0.4, -0.2) is 30.8 Å². The van der Waals surface area contributed by atoms with E-state index in [1.165, 1.54) is 6.92 Å². The first kappa shape index (κ1) is 12.5. The molecule has 0 radical (unpaired) electrons. The number of carbonyl (C=O) groups excluding carboxylic acids is 1. The third kappa shape index (κ3) is 3.90. The largest absolute Gasteiger partial charge is 0.497 e. The van der Waals surface area contributed by atoms with Crippen LogP contribution in [-0.2, 0) is 11.2 Å². The Bertz CT molecular complexity index is 333. The molecule has 0 unspecified atom stereocenters. The van der Waals surface area contributed by atoms with Crippen LogP contribution in [0.2, 0.25) is 0 Å². The third-order valence-electron chi connectivity index (χ3n) is 2.25. The van der Waals surface area contributed by atoms with Crippen molar-refractivity contribution in [3.05, 3.63) is 29.8 Å². The third-order valence-corrected chi connectivity index (χ3v) is 2.25. The lowest BCUT2D eigenvalue weighted by Gasteiger charge is -2.07. The fourth-order valence-electron chi connectivity index (χ4n) is 1.27. The minimum atomic E-state index is -0.948. The number of rotatable bonds is 5. The summed E-state index contributed by atoms with van der Waals surface area (Å²) in [5.41, 5.74) is 1.12. The summed E-state index contributed by atoms with van der Waals surface area (Å²) in [6, 6.07) is 7.67. The van der Waals surface area contributed by atoms with Gasteiger partial charge in [0.2, 0.25) is 5.91 Å². The fourth-order valence-corrected chi connectivity index (χ4v) is 1.27. The second kappa shape index (κ2) is 6.12. The number of benzene rings is 1. The summed E-state index contributed by atoms with van der Waals surface area (Å²) >= 11 is 0. The van der Waals surface area contributed by atoms with Crippen LogP contribution in [0.25, 0.3) is 0 Å². The van der Waals surface area contributed by atoms with Crippen LogP contribution in [0.1, 0.15) is 12.5 Å². The Morgan fingerprint density at radius 2 is 2.06 bits per heavy atom. The summed E-state index contributed by atoms with van der Waals surface area (Å²) in [4.78, 5) is 11.1. The van der Waals surface area contributed by atoms with Crippen LogP contribution in [0, 0.1) is 0 Å². The van der Waals surface area contributed by atoms with Gasteiger partial charge in [-0.15, -0.1) is 0 Å². The van der Waals surface area contributed by atoms with Crippen LogP contribution in [0.3, 0.4) is 0 Å². The Morgan fingerprint density at radius 1 is 1.44 bits per heavy atom. The summed E-state index contributed by atoms with van der Waals surface area (Å²) in [6.07, 6.45) is -0.210. The molecule has 16 heavy (non-hydrogen) atoms. The Balaban J connectivity index is 2.34. The average molecular weight is 223 g/mol. The molecule has 2 N–H and O–H groups in total. The van der Waals surface area contributed by atoms with E-state index in [0.717, 1.165) is 17.7 Å². The second-order valence-corrected chi connectivity index (χ2v) is 3.57. The zero-order chi connectivity index (χ0) is 12.0. The number of hydrogen-bond donors (Lipinski definition) is 2. The monoisotopic (exact) mass is 223 g/mol. The van der Waals surface area contributed by atoms with Crippen molar-refractivity contribution in [2.45, 2.75) is 19.4 Å². The van der Waals surface area contributed by atoms with Gasteiger partial charge in [-0.05, 0) is 31.0 Å². The molecule has 0 fully saturated rings. The second-order valence-electron chi connectivity index (χ2n) is 3.57. The van der Waals surface area contributed by atoms with Crippen LogP contribution in [0.5, 0.6) is 5.75 Å². The van der Waals surface area contributed by atoms with E-state index in [1.807, 2.05) is 24.3 Å². The normalized spacial score (nSPS) is 11.9. The van der Waals surface area contributed by atoms with Crippen LogP contribution < -0.4 is 10.1 Å². The van der Waals surface area contributed by atoms with Crippen molar-refractivity contribution in [1.82, 2.24) is 5.32 Å². The van der Waals surface area contributed by atoms with Gasteiger partial charge in [0.1, 0.15) is 11.9 Å². The summed E-state index contributed by atoms with van der Waals surface area (Å²) in [6.45, 7) is 1.97. The van der Waals surface area contributed by atoms with E-state index in [-0.39, 0.29) is 5.91 Å². The molecule has 4 heteroatoms. The van der Waals surface area contributed by atoms with Crippen molar-refractivity contribution in [2.24, 2.45) is 0 Å². The summed E-state index contributed by atoms with van der Waals surface area (Å²) in [5, 5.41) is 11.6. The van der Waals surface area contributed by atoms with E-state index < -0.39 is 6.10 Å². The molecular formula is C12H17NO3. The van der Waals surface area contributed by atoms with Crippen LogP contribution in [0.4, 0.5) is 0 Å². The highest BCUT2D eigenvalue weighted by atomic mass is 16.5. The Hall–Kier alpha value is -1.55. The molecule has 1 aromatic carbocycles. The molecule has 0 aliphatic rings. The number of aliphatic hydroxyl groups excluding tert-OH is 1. The van der Waals surface area contributed by atoms with E-state index in [2.05, 4.69) is 5.32 Å². The Kier molecular flexibility index (Phi) is 4.79. The highest BCUT2D eigenvalue weighted by Gasteiger charge is 2.06. The highest BCUT2D eigenvalue weighted by molar-refractivity contribution is 5.79. The van der Waals surface area contributed by atoms with Crippen molar-refractivity contribution >= 4 is 5.91 Å². The lowest BCUT2D eigenvalue weighted by atomic mass is 10.1. The summed E-state index contributed by atoms with van der Waals surface area (Å²) < 4.78 is 5.04. The minimum absolute atomic E-state index is 0.339. The molecule has 0 heterocycles. The van der Waals surface area contributed by atoms with E-state index >= 15 is 0 Å². The molecule has 1 aromatic rings. The summed E-state index contributed by atoms with van der Waals surface area (Å²) in [5.74, 6) is 0.477. The van der Waals surface area contributed by atoms with Gasteiger partial charge in [0, 0.05) is 6.54 Å². The first-order valence-corrected chi connectivity index (χ1v) is 5.22. The predicted octanol–water partition coefficient (Wildman–Crippen LogP) is 0.735. The predicted molar refractivity (Wildman–Crippen MR) is 61.4 cm³/mol. The molecule has 0 aliphatic carbocycles. The van der Waals surface area contributed by atoms with Crippen molar-refractivity contribution in [1.29, 1.82) is 0 Å². The zero-order valence-corrected chi connectivity index (χ0v) is 9.56. The first-order chi connectivity index (χ1) is 7.63. The standard InChI is InChI=1S/C12H17NO3/c1-9(14)12(15)13-8-7-10-3-5-11(16-2)6-4-10/h3-6,9,14H,7-8H2,1-2H3,(H,13,15)/t9-/m0/s1. The lowest BCUT2D eigenvalue weighted by molar-refractivity contribution is -0.128. The van der Waals surface area contributed by atoms with Gasteiger partial charge in [-0.1, -0.05) is 12.1 Å². The molecule has 0 spiro atoms. The highest BCUT2D eigenvalue weighted by Crippen LogP contribution is 2.11. The molecule has 1 atom stereocenters. The smallest absolute Gasteiger partial charge is 0.248 e. The van der Waals surface area contributed by atoms with Crippen LogP contribution in [0.15, 0.2) is 24.3 Å². The molecule has 4 nitrogen and oxygen atoms in total. The van der Waals surface area contributed by atoms with E-state index in [9.17, 15) is 4.79 Å². The van der Waals surface area contributed by atoms with Gasteiger partial charge in [0.25, 0.3) is 0 Å². The number of methoxy groups -OCH3 is 1. The maximum atomic E-state index is 11.1. The zero-order valence-electron chi connectivity index (χ0n) is 9.56. The molecule has 1 rings (SSSR count). The number of hydrogen-bond acceptors (Lipinski definition) is 3. The van der Waals surface area contributed by atoms with Gasteiger partial charge in [-0.25, -0.2) is 0 Å². The first-order valence-electron chi connectivity index (χ1n) is 5.22. The topological polar surface area (TPSA) is 58.6 Å². The number of nitrogens with one attached hydrogen (secondary N) is 1. The number of aliphatic hydroxyl groups is 1. The Morgan fingerprint density at radius 3 is 2.56 bits per heavy atom. The maximum absolute atomic E-state index is 11.1. The maximum Gasteiger partial charge on any atom is 0.248 e. The van der Waals surface area contributed by atoms with Gasteiger partial charge in [-0.3, -0.25) is 4.79 Å². The summed E-state index contributed by atoms with van der Waals surface area (Å²) in [7, 11) is 1.62. The van der Waals surface area contributed by atoms with Gasteiger partial charge in [-0.2, -0.15) is 0 Å². The molecule has 1 amide bonds. The molecule has 0 saturated carbocycles. The molecule has 0 aliphatic heterocycles. The molecule has 0 bridgehead atoms. The Labute approximate surface area is 95.2 Å². The average Bonchev–Trinajstić information content (AvgIpc) is 2.29. The molecule has 0 aromatic heterocycles. The fraction of sp³-hybridized carbons (Fsp3) is 0.417. The van der Waals surface area contributed by atoms with Gasteiger partial charge < -0.3 is 15.2 Å². The minimum Gasteiger partial charge on any atom is -0.497 e. The number of amides is 1. The SMILES string of the molecule is COc1ccc(CCNC(=O)[C@H](C)O)cc1. The molecule has 0 saturated heterocycles. The molecular weight excluding hydrogens is 206 g/mol. The van der Waals surface area contributed by atoms with Crippen molar-refractivity contribution in [2.75, 3.05) is 13.7 Å². The quantitative estimate of drug-likeness (QED) is 0.774. The van der Waals surface area contributed by atoms with Gasteiger partial charge >= 0.3 is 0 Å². The van der Waals surface area contributed by atoms with Crippen molar-refractivity contribution in [3.8, 4) is 5.75 Å². The number of carbonyl (C=O) groups is 1. The van der Waals surface area contributed by atoms with E-state index in [4.69, 9.17) is 9.84 Å².